The van der Waals surface area contributed by atoms with Gasteiger partial charge in [0.15, 0.2) is 0 Å². The molecule has 3 nitrogen and oxygen atoms in total. The first-order valence-electron chi connectivity index (χ1n) is 6.20. The summed E-state index contributed by atoms with van der Waals surface area (Å²) in [7, 11) is -3.39. The first-order chi connectivity index (χ1) is 8.60. The lowest BCUT2D eigenvalue weighted by atomic mass is 10.0. The topological polar surface area (TPSA) is 46.2 Å². The molecule has 1 aromatic carbocycles. The minimum absolute atomic E-state index is 0.311. The van der Waals surface area contributed by atoms with Crippen LogP contribution in [0.15, 0.2) is 35.2 Å². The Kier molecular flexibility index (Phi) is 6.68. The van der Waals surface area contributed by atoms with Gasteiger partial charge in [0.1, 0.15) is 0 Å². The van der Waals surface area contributed by atoms with E-state index in [9.17, 15) is 8.42 Å². The summed E-state index contributed by atoms with van der Waals surface area (Å²) in [5, 5.41) is 0. The second-order valence-corrected chi connectivity index (χ2v) is 6.44. The van der Waals surface area contributed by atoms with Gasteiger partial charge >= 0.3 is 0 Å². The zero-order valence-corrected chi connectivity index (χ0v) is 12.2. The Bertz CT molecular complexity index is 428. The molecule has 5 heteroatoms. The van der Waals surface area contributed by atoms with Gasteiger partial charge in [-0.05, 0) is 30.9 Å². The minimum Gasteiger partial charge on any atom is -0.211 e. The molecule has 0 saturated carbocycles. The van der Waals surface area contributed by atoms with Crippen LogP contribution in [0.4, 0.5) is 0 Å². The van der Waals surface area contributed by atoms with Crippen molar-refractivity contribution in [3.63, 3.8) is 0 Å². The molecule has 1 aromatic rings. The summed E-state index contributed by atoms with van der Waals surface area (Å²) in [5.74, 6) is 0.878. The number of nitrogens with one attached hydrogen (secondary N) is 1. The number of halogens is 1. The molecule has 1 atom stereocenters. The Morgan fingerprint density at radius 1 is 1.22 bits per heavy atom. The van der Waals surface area contributed by atoms with E-state index in [1.165, 1.54) is 0 Å². The van der Waals surface area contributed by atoms with Gasteiger partial charge < -0.3 is 0 Å². The van der Waals surface area contributed by atoms with E-state index in [4.69, 9.17) is 11.6 Å². The predicted octanol–water partition coefficient (Wildman–Crippen LogP) is 3.01. The van der Waals surface area contributed by atoms with Crippen LogP contribution in [0.1, 0.15) is 26.2 Å². The van der Waals surface area contributed by atoms with Crippen LogP contribution in [0, 0.1) is 5.92 Å². The van der Waals surface area contributed by atoms with E-state index in [0.717, 1.165) is 19.3 Å². The zero-order valence-electron chi connectivity index (χ0n) is 10.6. The van der Waals surface area contributed by atoms with Gasteiger partial charge in [-0.1, -0.05) is 31.5 Å². The highest BCUT2D eigenvalue weighted by Gasteiger charge is 2.15. The Balaban J connectivity index is 2.61. The van der Waals surface area contributed by atoms with Crippen molar-refractivity contribution in [3.05, 3.63) is 30.3 Å². The van der Waals surface area contributed by atoms with Gasteiger partial charge in [0, 0.05) is 12.4 Å². The van der Waals surface area contributed by atoms with Crippen LogP contribution in [0.25, 0.3) is 0 Å². The average Bonchev–Trinajstić information content (AvgIpc) is 2.38. The normalized spacial score (nSPS) is 13.4. The second-order valence-electron chi connectivity index (χ2n) is 4.30. The van der Waals surface area contributed by atoms with Crippen molar-refractivity contribution in [3.8, 4) is 0 Å². The van der Waals surface area contributed by atoms with Crippen molar-refractivity contribution in [2.75, 3.05) is 12.4 Å². The molecule has 0 aliphatic carbocycles. The van der Waals surface area contributed by atoms with Crippen molar-refractivity contribution in [2.45, 2.75) is 31.1 Å². The molecule has 18 heavy (non-hydrogen) atoms. The largest absolute Gasteiger partial charge is 0.240 e. The fourth-order valence-electron chi connectivity index (χ4n) is 1.82. The van der Waals surface area contributed by atoms with Crippen LogP contribution < -0.4 is 4.72 Å². The van der Waals surface area contributed by atoms with Gasteiger partial charge in [-0.25, -0.2) is 13.1 Å². The molecule has 1 unspecified atom stereocenters. The Labute approximate surface area is 115 Å². The van der Waals surface area contributed by atoms with E-state index < -0.39 is 10.0 Å². The summed E-state index contributed by atoms with van der Waals surface area (Å²) >= 11 is 5.72. The molecule has 1 N–H and O–H groups in total. The van der Waals surface area contributed by atoms with Crippen LogP contribution in [0.5, 0.6) is 0 Å². The van der Waals surface area contributed by atoms with E-state index in [0.29, 0.717) is 23.2 Å². The van der Waals surface area contributed by atoms with Crippen LogP contribution in [-0.2, 0) is 10.0 Å². The third-order valence-corrected chi connectivity index (χ3v) is 4.49. The molecule has 0 bridgehead atoms. The summed E-state index contributed by atoms with van der Waals surface area (Å²) in [6, 6.07) is 8.43. The first-order valence-corrected chi connectivity index (χ1v) is 8.22. The minimum atomic E-state index is -3.39. The van der Waals surface area contributed by atoms with E-state index in [1.54, 1.807) is 30.3 Å². The lowest BCUT2D eigenvalue weighted by molar-refractivity contribution is 0.457. The van der Waals surface area contributed by atoms with E-state index >= 15 is 0 Å². The van der Waals surface area contributed by atoms with Crippen LogP contribution in [-0.4, -0.2) is 20.8 Å². The van der Waals surface area contributed by atoms with Crippen molar-refractivity contribution < 1.29 is 8.42 Å². The van der Waals surface area contributed by atoms with Crippen molar-refractivity contribution >= 4 is 21.6 Å². The Morgan fingerprint density at radius 3 is 2.44 bits per heavy atom. The summed E-state index contributed by atoms with van der Waals surface area (Å²) in [6.45, 7) is 2.55. The lowest BCUT2D eigenvalue weighted by Gasteiger charge is -2.15. The second kappa shape index (κ2) is 7.77. The monoisotopic (exact) mass is 289 g/mol. The highest BCUT2D eigenvalue weighted by molar-refractivity contribution is 7.89. The molecular weight excluding hydrogens is 270 g/mol. The van der Waals surface area contributed by atoms with Crippen LogP contribution in [0.2, 0.25) is 0 Å². The van der Waals surface area contributed by atoms with Gasteiger partial charge in [-0.3, -0.25) is 0 Å². The molecule has 0 heterocycles. The predicted molar refractivity (Wildman–Crippen MR) is 75.4 cm³/mol. The molecule has 0 fully saturated rings. The quantitative estimate of drug-likeness (QED) is 0.748. The smallest absolute Gasteiger partial charge is 0.211 e. The third-order valence-electron chi connectivity index (χ3n) is 2.83. The molecule has 0 amide bonds. The highest BCUT2D eigenvalue weighted by Crippen LogP contribution is 2.13. The number of alkyl halides is 1. The van der Waals surface area contributed by atoms with Gasteiger partial charge in [0.05, 0.1) is 4.90 Å². The number of hydrogen-bond acceptors (Lipinski definition) is 2. The van der Waals surface area contributed by atoms with Crippen LogP contribution in [0.3, 0.4) is 0 Å². The van der Waals surface area contributed by atoms with Gasteiger partial charge in [0.25, 0.3) is 0 Å². The maximum atomic E-state index is 12.0. The number of benzene rings is 1. The third kappa shape index (κ3) is 4.96. The summed E-state index contributed by atoms with van der Waals surface area (Å²) in [5.41, 5.74) is 0. The first kappa shape index (κ1) is 15.5. The molecule has 0 radical (unpaired) electrons. The maximum absolute atomic E-state index is 12.0. The number of hydrogen-bond donors (Lipinski definition) is 1. The molecule has 0 aliphatic heterocycles. The van der Waals surface area contributed by atoms with E-state index in [2.05, 4.69) is 11.6 Å². The lowest BCUT2D eigenvalue weighted by Crippen LogP contribution is -2.29. The molecule has 0 aliphatic rings. The average molecular weight is 290 g/mol. The number of sulfonamides is 1. The molecule has 0 spiro atoms. The molecule has 1 rings (SSSR count). The zero-order chi connectivity index (χ0) is 13.4. The van der Waals surface area contributed by atoms with Gasteiger partial charge in [-0.2, -0.15) is 0 Å². The van der Waals surface area contributed by atoms with Gasteiger partial charge in [-0.15, -0.1) is 11.6 Å². The summed E-state index contributed by atoms with van der Waals surface area (Å²) < 4.78 is 26.7. The highest BCUT2D eigenvalue weighted by atomic mass is 35.5. The molecule has 0 aromatic heterocycles. The van der Waals surface area contributed by atoms with Crippen molar-refractivity contribution in [1.29, 1.82) is 0 Å². The standard InChI is InChI=1S/C13H20ClNO2S/c1-2-6-12(9-10-14)11-15-18(16,17)13-7-4-3-5-8-13/h3-5,7-8,12,15H,2,6,9-11H2,1H3. The van der Waals surface area contributed by atoms with E-state index in [1.807, 2.05) is 0 Å². The fourth-order valence-corrected chi connectivity index (χ4v) is 3.27. The van der Waals surface area contributed by atoms with Crippen LogP contribution >= 0.6 is 11.6 Å². The number of rotatable bonds is 8. The maximum Gasteiger partial charge on any atom is 0.240 e. The SMILES string of the molecule is CCCC(CCCl)CNS(=O)(=O)c1ccccc1. The fraction of sp³-hybridized carbons (Fsp3) is 0.538. The summed E-state index contributed by atoms with van der Waals surface area (Å²) in [4.78, 5) is 0.311. The summed E-state index contributed by atoms with van der Waals surface area (Å²) in [6.07, 6.45) is 2.87. The van der Waals surface area contributed by atoms with Gasteiger partial charge in [0.2, 0.25) is 10.0 Å². The molecule has 102 valence electrons. The Hall–Kier alpha value is -0.580. The van der Waals surface area contributed by atoms with Crippen molar-refractivity contribution in [2.24, 2.45) is 5.92 Å². The molecule has 0 saturated heterocycles. The van der Waals surface area contributed by atoms with Crippen molar-refractivity contribution in [1.82, 2.24) is 4.72 Å². The van der Waals surface area contributed by atoms with E-state index in [-0.39, 0.29) is 0 Å². The Morgan fingerprint density at radius 2 is 1.89 bits per heavy atom. The molecular formula is C13H20ClNO2S.